The van der Waals surface area contributed by atoms with Gasteiger partial charge in [-0.3, -0.25) is 9.20 Å². The van der Waals surface area contributed by atoms with E-state index < -0.39 is 0 Å². The summed E-state index contributed by atoms with van der Waals surface area (Å²) in [5.41, 5.74) is 2.65. The van der Waals surface area contributed by atoms with Crippen LogP contribution in [-0.4, -0.2) is 42.7 Å². The van der Waals surface area contributed by atoms with Crippen molar-refractivity contribution in [2.45, 2.75) is 25.3 Å². The molecule has 27 heavy (non-hydrogen) atoms. The Labute approximate surface area is 158 Å². The van der Waals surface area contributed by atoms with E-state index in [1.807, 2.05) is 18.3 Å². The summed E-state index contributed by atoms with van der Waals surface area (Å²) >= 11 is 6.42. The zero-order valence-electron chi connectivity index (χ0n) is 14.7. The highest BCUT2D eigenvalue weighted by molar-refractivity contribution is 6.35. The first kappa shape index (κ1) is 16.5. The number of hydrogen-bond donors (Lipinski definition) is 0. The highest BCUT2D eigenvalue weighted by Gasteiger charge is 2.27. The molecule has 1 aliphatic rings. The number of para-hydroxylation sites is 1. The molecule has 5 rings (SSSR count). The van der Waals surface area contributed by atoms with Crippen LogP contribution in [0.3, 0.4) is 0 Å². The Bertz CT molecular complexity index is 1220. The molecule has 1 saturated carbocycles. The van der Waals surface area contributed by atoms with Gasteiger partial charge in [-0.2, -0.15) is 4.68 Å². The maximum Gasteiger partial charge on any atom is 0.279 e. The maximum atomic E-state index is 13.3. The zero-order chi connectivity index (χ0) is 18.5. The van der Waals surface area contributed by atoms with Crippen LogP contribution in [0.25, 0.3) is 22.4 Å². The number of imidazole rings is 1. The molecule has 9 heteroatoms. The molecule has 0 unspecified atom stereocenters. The van der Waals surface area contributed by atoms with Gasteiger partial charge >= 0.3 is 0 Å². The predicted molar refractivity (Wildman–Crippen MR) is 101 cm³/mol. The number of methoxy groups -OCH3 is 1. The molecule has 1 aromatic carbocycles. The number of aromatic nitrogens is 6. The average Bonchev–Trinajstić information content (AvgIpc) is 3.23. The molecule has 0 saturated heterocycles. The van der Waals surface area contributed by atoms with Gasteiger partial charge in [0.05, 0.1) is 34.6 Å². The Morgan fingerprint density at radius 2 is 2.15 bits per heavy atom. The Morgan fingerprint density at radius 3 is 2.93 bits per heavy atom. The Morgan fingerprint density at radius 1 is 1.30 bits per heavy atom. The summed E-state index contributed by atoms with van der Waals surface area (Å²) in [5, 5.41) is 8.93. The fourth-order valence-corrected chi connectivity index (χ4v) is 3.70. The predicted octanol–water partition coefficient (Wildman–Crippen LogP) is 2.41. The Kier molecular flexibility index (Phi) is 3.76. The molecule has 0 atom stereocenters. The third-order valence-electron chi connectivity index (χ3n) is 4.93. The fraction of sp³-hybridized carbons (Fsp3) is 0.333. The molecule has 0 radical (unpaired) electrons. The van der Waals surface area contributed by atoms with Crippen LogP contribution in [0.1, 0.15) is 24.5 Å². The lowest BCUT2D eigenvalue weighted by molar-refractivity contribution is 0.187. The van der Waals surface area contributed by atoms with E-state index in [1.165, 1.54) is 0 Å². The lowest BCUT2D eigenvalue weighted by Crippen LogP contribution is -2.25. The largest absolute Gasteiger partial charge is 0.383 e. The van der Waals surface area contributed by atoms with Crippen molar-refractivity contribution in [2.24, 2.45) is 0 Å². The summed E-state index contributed by atoms with van der Waals surface area (Å²) in [7, 11) is 1.60. The van der Waals surface area contributed by atoms with Crippen LogP contribution in [0.15, 0.2) is 35.5 Å². The van der Waals surface area contributed by atoms with Gasteiger partial charge in [-0.15, -0.1) is 5.10 Å². The van der Waals surface area contributed by atoms with Crippen molar-refractivity contribution < 1.29 is 4.74 Å². The summed E-state index contributed by atoms with van der Waals surface area (Å²) in [6.45, 7) is 0.788. The van der Waals surface area contributed by atoms with E-state index >= 15 is 0 Å². The number of halogens is 1. The van der Waals surface area contributed by atoms with Crippen molar-refractivity contribution >= 4 is 28.2 Å². The molecular weight excluding hydrogens is 368 g/mol. The minimum absolute atomic E-state index is 0.191. The second kappa shape index (κ2) is 6.17. The van der Waals surface area contributed by atoms with Crippen LogP contribution in [-0.2, 0) is 11.3 Å². The first-order valence-electron chi connectivity index (χ1n) is 8.78. The quantitative estimate of drug-likeness (QED) is 0.528. The van der Waals surface area contributed by atoms with Gasteiger partial charge in [0.15, 0.2) is 11.3 Å². The molecule has 8 nitrogen and oxygen atoms in total. The molecular formula is C18H17ClN6O2. The van der Waals surface area contributed by atoms with Crippen molar-refractivity contribution in [3.05, 3.63) is 51.8 Å². The van der Waals surface area contributed by atoms with Gasteiger partial charge in [0, 0.05) is 19.6 Å². The molecule has 4 aromatic rings. The SMILES string of the molecule is COCCn1c(=O)c2c(-n3cc(C4CC4)nn3)ncn2c2cccc(Cl)c21. The van der Waals surface area contributed by atoms with Crippen LogP contribution in [0, 0.1) is 0 Å². The van der Waals surface area contributed by atoms with Crippen molar-refractivity contribution in [2.75, 3.05) is 13.7 Å². The van der Waals surface area contributed by atoms with Gasteiger partial charge in [-0.25, -0.2) is 4.98 Å². The maximum absolute atomic E-state index is 13.3. The normalized spacial score (nSPS) is 14.4. The zero-order valence-corrected chi connectivity index (χ0v) is 15.4. The first-order valence-corrected chi connectivity index (χ1v) is 9.16. The highest BCUT2D eigenvalue weighted by atomic mass is 35.5. The Balaban J connectivity index is 1.80. The molecule has 1 fully saturated rings. The monoisotopic (exact) mass is 384 g/mol. The van der Waals surface area contributed by atoms with E-state index in [1.54, 1.807) is 33.2 Å². The Hall–Kier alpha value is -2.71. The van der Waals surface area contributed by atoms with Crippen molar-refractivity contribution in [3.8, 4) is 5.82 Å². The van der Waals surface area contributed by atoms with E-state index in [0.29, 0.717) is 40.9 Å². The highest BCUT2D eigenvalue weighted by Crippen LogP contribution is 2.38. The first-order chi connectivity index (χ1) is 13.2. The van der Waals surface area contributed by atoms with Crippen molar-refractivity contribution in [1.29, 1.82) is 0 Å². The van der Waals surface area contributed by atoms with Crippen LogP contribution in [0.2, 0.25) is 5.02 Å². The molecule has 0 N–H and O–H groups in total. The van der Waals surface area contributed by atoms with Gasteiger partial charge in [-0.1, -0.05) is 22.9 Å². The summed E-state index contributed by atoms with van der Waals surface area (Å²) in [6, 6.07) is 5.55. The van der Waals surface area contributed by atoms with Crippen LogP contribution in [0.4, 0.5) is 0 Å². The van der Waals surface area contributed by atoms with Gasteiger partial charge < -0.3 is 9.30 Å². The van der Waals surface area contributed by atoms with Crippen molar-refractivity contribution in [3.63, 3.8) is 0 Å². The average molecular weight is 385 g/mol. The van der Waals surface area contributed by atoms with Gasteiger partial charge in [-0.05, 0) is 25.0 Å². The topological polar surface area (TPSA) is 79.2 Å². The smallest absolute Gasteiger partial charge is 0.279 e. The fourth-order valence-electron chi connectivity index (χ4n) is 3.43. The van der Waals surface area contributed by atoms with E-state index in [9.17, 15) is 4.79 Å². The summed E-state index contributed by atoms with van der Waals surface area (Å²) in [4.78, 5) is 17.8. The molecule has 0 amide bonds. The van der Waals surface area contributed by atoms with E-state index in [2.05, 4.69) is 15.3 Å². The summed E-state index contributed by atoms with van der Waals surface area (Å²) < 4.78 is 10.2. The van der Waals surface area contributed by atoms with Gasteiger partial charge in [0.2, 0.25) is 0 Å². The molecule has 1 aliphatic carbocycles. The number of nitrogens with zero attached hydrogens (tertiary/aromatic N) is 6. The van der Waals surface area contributed by atoms with Crippen molar-refractivity contribution in [1.82, 2.24) is 28.9 Å². The lowest BCUT2D eigenvalue weighted by atomic mass is 10.2. The van der Waals surface area contributed by atoms with E-state index in [0.717, 1.165) is 24.1 Å². The van der Waals surface area contributed by atoms with E-state index in [-0.39, 0.29) is 5.56 Å². The third-order valence-corrected chi connectivity index (χ3v) is 5.24. The molecule has 0 spiro atoms. The van der Waals surface area contributed by atoms with Crippen LogP contribution < -0.4 is 5.56 Å². The molecule has 0 bridgehead atoms. The molecule has 3 heterocycles. The number of benzene rings is 1. The van der Waals surface area contributed by atoms with Gasteiger partial charge in [0.25, 0.3) is 5.56 Å². The van der Waals surface area contributed by atoms with Gasteiger partial charge in [0.1, 0.15) is 6.33 Å². The number of fused-ring (bicyclic) bond motifs is 3. The summed E-state index contributed by atoms with van der Waals surface area (Å²) in [5.74, 6) is 0.943. The lowest BCUT2D eigenvalue weighted by Gasteiger charge is -2.13. The van der Waals surface area contributed by atoms with Crippen LogP contribution >= 0.6 is 11.6 Å². The second-order valence-electron chi connectivity index (χ2n) is 6.71. The molecule has 138 valence electrons. The third kappa shape index (κ3) is 2.55. The number of ether oxygens (including phenoxy) is 1. The number of rotatable bonds is 5. The van der Waals surface area contributed by atoms with Crippen LogP contribution in [0.5, 0.6) is 0 Å². The standard InChI is InChI=1S/C18H17ClN6O2/c1-27-8-7-23-15-12(19)3-2-4-14(15)24-10-20-17(16(24)18(23)26)25-9-13(21-22-25)11-5-6-11/h2-4,9-11H,5-8H2,1H3. The minimum atomic E-state index is -0.191. The molecule has 3 aromatic heterocycles. The molecule has 0 aliphatic heterocycles. The number of hydrogen-bond acceptors (Lipinski definition) is 5. The summed E-state index contributed by atoms with van der Waals surface area (Å²) in [6.07, 6.45) is 5.76. The minimum Gasteiger partial charge on any atom is -0.383 e. The van der Waals surface area contributed by atoms with E-state index in [4.69, 9.17) is 16.3 Å². The second-order valence-corrected chi connectivity index (χ2v) is 7.11.